The molecule has 4 heteroatoms. The second-order valence-electron chi connectivity index (χ2n) is 9.13. The maximum Gasteiger partial charge on any atom is 0.177 e. The van der Waals surface area contributed by atoms with Crippen LogP contribution in [0.5, 0.6) is 0 Å². The molecule has 4 nitrogen and oxygen atoms in total. The van der Waals surface area contributed by atoms with Gasteiger partial charge in [-0.15, -0.1) is 0 Å². The minimum Gasteiger partial charge on any atom is -0.310 e. The molecule has 0 radical (unpaired) electrons. The number of hydrogen-bond donors (Lipinski definition) is 0. The molecular formula is C33H25N3O. The summed E-state index contributed by atoms with van der Waals surface area (Å²) in [7, 11) is 0. The molecule has 0 saturated heterocycles. The number of fused-ring (bicyclic) bond motifs is 1. The van der Waals surface area contributed by atoms with E-state index in [1.165, 1.54) is 0 Å². The van der Waals surface area contributed by atoms with Crippen LogP contribution in [0.1, 0.15) is 32.7 Å². The summed E-state index contributed by atoms with van der Waals surface area (Å²) in [6.07, 6.45) is 2.77. The van der Waals surface area contributed by atoms with Crippen molar-refractivity contribution in [2.45, 2.75) is 12.5 Å². The van der Waals surface area contributed by atoms with Gasteiger partial charge in [0, 0.05) is 16.8 Å². The highest BCUT2D eigenvalue weighted by Crippen LogP contribution is 2.43. The molecular weight excluding hydrogens is 454 g/mol. The van der Waals surface area contributed by atoms with Crippen LogP contribution in [-0.4, -0.2) is 20.8 Å². The van der Waals surface area contributed by atoms with Gasteiger partial charge in [0.1, 0.15) is 11.8 Å². The van der Waals surface area contributed by atoms with Crippen molar-refractivity contribution in [3.05, 3.63) is 156 Å². The molecule has 2 aromatic heterocycles. The number of aryl methyl sites for hydroxylation is 1. The number of aldehydes is 1. The first-order valence-corrected chi connectivity index (χ1v) is 12.3. The summed E-state index contributed by atoms with van der Waals surface area (Å²) in [5, 5.41) is 0. The van der Waals surface area contributed by atoms with Gasteiger partial charge in [0.2, 0.25) is 0 Å². The summed E-state index contributed by atoms with van der Waals surface area (Å²) in [6.45, 7) is 2.00. The number of pyridine rings is 1. The molecule has 0 fully saturated rings. The van der Waals surface area contributed by atoms with E-state index < -0.39 is 5.54 Å². The third-order valence-corrected chi connectivity index (χ3v) is 7.02. The molecule has 178 valence electrons. The SMILES string of the molecule is Cc1nc2ncn(C(c3ccccc3)(c3ccccc3)c3ccccc3)c2cc1-c1ccc(C=O)cc1. The standard InChI is InChI=1S/C33H25N3O/c1-24-30(26-19-17-25(22-37)18-20-26)21-31-32(35-24)34-23-36(31)33(27-11-5-2-6-12-27,28-13-7-3-8-14-28)29-15-9-4-10-16-29/h2-23H,1H3. The van der Waals surface area contributed by atoms with Gasteiger partial charge in [-0.05, 0) is 35.2 Å². The second-order valence-corrected chi connectivity index (χ2v) is 9.13. The summed E-state index contributed by atoms with van der Waals surface area (Å²) < 4.78 is 2.25. The third kappa shape index (κ3) is 3.74. The molecule has 0 spiro atoms. The van der Waals surface area contributed by atoms with Gasteiger partial charge in [0.05, 0.1) is 11.8 Å². The van der Waals surface area contributed by atoms with Gasteiger partial charge in [-0.25, -0.2) is 9.97 Å². The Kier molecular flexibility index (Phi) is 5.70. The maximum atomic E-state index is 11.2. The molecule has 6 aromatic rings. The van der Waals surface area contributed by atoms with E-state index in [9.17, 15) is 4.79 Å². The average Bonchev–Trinajstić information content (AvgIpc) is 3.37. The van der Waals surface area contributed by atoms with E-state index in [0.29, 0.717) is 11.2 Å². The van der Waals surface area contributed by atoms with E-state index in [0.717, 1.165) is 45.3 Å². The first-order chi connectivity index (χ1) is 18.2. The molecule has 0 aliphatic heterocycles. The number of imidazole rings is 1. The Hall–Kier alpha value is -4.83. The number of rotatable bonds is 6. The predicted molar refractivity (Wildman–Crippen MR) is 148 cm³/mol. The van der Waals surface area contributed by atoms with Crippen LogP contribution < -0.4 is 0 Å². The Morgan fingerprint density at radius 1 is 0.703 bits per heavy atom. The van der Waals surface area contributed by atoms with Gasteiger partial charge >= 0.3 is 0 Å². The Balaban J connectivity index is 1.70. The molecule has 0 aliphatic rings. The van der Waals surface area contributed by atoms with Crippen molar-refractivity contribution in [1.29, 1.82) is 0 Å². The summed E-state index contributed by atoms with van der Waals surface area (Å²) in [5.74, 6) is 0. The van der Waals surface area contributed by atoms with Crippen molar-refractivity contribution in [3.8, 4) is 11.1 Å². The van der Waals surface area contributed by atoms with Crippen molar-refractivity contribution in [1.82, 2.24) is 14.5 Å². The summed E-state index contributed by atoms with van der Waals surface area (Å²) in [6, 6.07) is 41.4. The molecule has 0 N–H and O–H groups in total. The number of nitrogens with zero attached hydrogens (tertiary/aromatic N) is 3. The number of carbonyl (C=O) groups excluding carboxylic acids is 1. The molecule has 37 heavy (non-hydrogen) atoms. The minimum atomic E-state index is -0.673. The van der Waals surface area contributed by atoms with Crippen LogP contribution in [0, 0.1) is 6.92 Å². The van der Waals surface area contributed by atoms with Crippen LogP contribution >= 0.6 is 0 Å². The van der Waals surface area contributed by atoms with Crippen LogP contribution in [-0.2, 0) is 5.54 Å². The zero-order valence-electron chi connectivity index (χ0n) is 20.5. The van der Waals surface area contributed by atoms with Gasteiger partial charge in [-0.3, -0.25) is 4.79 Å². The maximum absolute atomic E-state index is 11.2. The molecule has 0 bridgehead atoms. The van der Waals surface area contributed by atoms with Gasteiger partial charge in [-0.1, -0.05) is 115 Å². The number of carbonyl (C=O) groups is 1. The van der Waals surface area contributed by atoms with Crippen LogP contribution in [0.2, 0.25) is 0 Å². The zero-order chi connectivity index (χ0) is 25.2. The van der Waals surface area contributed by atoms with Crippen LogP contribution in [0.3, 0.4) is 0 Å². The highest BCUT2D eigenvalue weighted by Gasteiger charge is 2.39. The first-order valence-electron chi connectivity index (χ1n) is 12.3. The monoisotopic (exact) mass is 479 g/mol. The average molecular weight is 480 g/mol. The van der Waals surface area contributed by atoms with Gasteiger partial charge in [-0.2, -0.15) is 0 Å². The fourth-order valence-electron chi connectivity index (χ4n) is 5.29. The third-order valence-electron chi connectivity index (χ3n) is 7.02. The highest BCUT2D eigenvalue weighted by molar-refractivity contribution is 5.83. The Labute approximate surface area is 215 Å². The number of benzene rings is 4. The number of aromatic nitrogens is 3. The summed E-state index contributed by atoms with van der Waals surface area (Å²) >= 11 is 0. The Morgan fingerprint density at radius 3 is 1.70 bits per heavy atom. The summed E-state index contributed by atoms with van der Waals surface area (Å²) in [5.41, 5.74) is 7.89. The lowest BCUT2D eigenvalue weighted by Crippen LogP contribution is -2.37. The van der Waals surface area contributed by atoms with Gasteiger partial charge in [0.25, 0.3) is 0 Å². The minimum absolute atomic E-state index is 0.650. The van der Waals surface area contributed by atoms with E-state index in [-0.39, 0.29) is 0 Å². The normalized spacial score (nSPS) is 11.5. The topological polar surface area (TPSA) is 47.8 Å². The van der Waals surface area contributed by atoms with Gasteiger partial charge < -0.3 is 4.57 Å². The molecule has 0 unspecified atom stereocenters. The molecule has 2 heterocycles. The molecule has 0 amide bonds. The van der Waals surface area contributed by atoms with Crippen molar-refractivity contribution < 1.29 is 4.79 Å². The lowest BCUT2D eigenvalue weighted by atomic mass is 9.76. The van der Waals surface area contributed by atoms with Crippen LogP contribution in [0.25, 0.3) is 22.3 Å². The fraction of sp³-hybridized carbons (Fsp3) is 0.0606. The Morgan fingerprint density at radius 2 is 1.22 bits per heavy atom. The van der Waals surface area contributed by atoms with Crippen molar-refractivity contribution in [2.75, 3.05) is 0 Å². The molecule has 0 atom stereocenters. The molecule has 4 aromatic carbocycles. The number of hydrogen-bond acceptors (Lipinski definition) is 3. The van der Waals surface area contributed by atoms with E-state index in [1.54, 1.807) is 0 Å². The molecule has 0 aliphatic carbocycles. The first kappa shape index (κ1) is 22.6. The fourth-order valence-corrected chi connectivity index (χ4v) is 5.29. The highest BCUT2D eigenvalue weighted by atomic mass is 16.1. The molecule has 0 saturated carbocycles. The van der Waals surface area contributed by atoms with Crippen LogP contribution in [0.4, 0.5) is 0 Å². The quantitative estimate of drug-likeness (QED) is 0.190. The van der Waals surface area contributed by atoms with E-state index >= 15 is 0 Å². The van der Waals surface area contributed by atoms with Gasteiger partial charge in [0.15, 0.2) is 5.65 Å². The summed E-state index contributed by atoms with van der Waals surface area (Å²) in [4.78, 5) is 20.9. The van der Waals surface area contributed by atoms with E-state index in [4.69, 9.17) is 9.97 Å². The van der Waals surface area contributed by atoms with Crippen molar-refractivity contribution >= 4 is 17.5 Å². The lowest BCUT2D eigenvalue weighted by Gasteiger charge is -2.38. The smallest absolute Gasteiger partial charge is 0.177 e. The largest absolute Gasteiger partial charge is 0.310 e. The zero-order valence-corrected chi connectivity index (χ0v) is 20.5. The van der Waals surface area contributed by atoms with E-state index in [1.807, 2.05) is 55.7 Å². The second kappa shape index (κ2) is 9.32. The lowest BCUT2D eigenvalue weighted by molar-refractivity contribution is 0.112. The Bertz CT molecular complexity index is 1580. The predicted octanol–water partition coefficient (Wildman–Crippen LogP) is 7.06. The molecule has 6 rings (SSSR count). The van der Waals surface area contributed by atoms with Crippen LogP contribution in [0.15, 0.2) is 128 Å². The van der Waals surface area contributed by atoms with E-state index in [2.05, 4.69) is 83.4 Å². The van der Waals surface area contributed by atoms with Crippen molar-refractivity contribution in [3.63, 3.8) is 0 Å². The van der Waals surface area contributed by atoms with Crippen molar-refractivity contribution in [2.24, 2.45) is 0 Å².